The molecule has 1 aromatic carbocycles. The van der Waals surface area contributed by atoms with Gasteiger partial charge < -0.3 is 25.0 Å². The molecule has 0 unspecified atom stereocenters. The molecule has 0 bridgehead atoms. The predicted octanol–water partition coefficient (Wildman–Crippen LogP) is 4.08. The Bertz CT molecular complexity index is 1280. The van der Waals surface area contributed by atoms with Crippen LogP contribution in [0.4, 0.5) is 28.0 Å². The van der Waals surface area contributed by atoms with Gasteiger partial charge in [-0.15, -0.1) is 0 Å². The number of aliphatic carboxylic acids is 1. The zero-order valence-corrected chi connectivity index (χ0v) is 22.2. The van der Waals surface area contributed by atoms with Crippen LogP contribution in [0.15, 0.2) is 29.2 Å². The van der Waals surface area contributed by atoms with Crippen LogP contribution in [0.2, 0.25) is 0 Å². The van der Waals surface area contributed by atoms with E-state index in [2.05, 4.69) is 15.0 Å². The first-order chi connectivity index (χ1) is 18.2. The average molecular weight is 573 g/mol. The van der Waals surface area contributed by atoms with Crippen LogP contribution in [0.5, 0.6) is 5.88 Å². The number of anilines is 1. The molecule has 4 rings (SSSR count). The van der Waals surface area contributed by atoms with Gasteiger partial charge in [0.05, 0.1) is 17.0 Å². The molecular weight excluding hydrogens is 544 g/mol. The number of carboxylic acid groups (broad SMARTS) is 1. The lowest BCUT2D eigenvalue weighted by Crippen LogP contribution is -2.58. The number of ether oxygens (including phenoxy) is 1. The predicted molar refractivity (Wildman–Crippen MR) is 135 cm³/mol. The van der Waals surface area contributed by atoms with E-state index in [9.17, 15) is 31.9 Å². The van der Waals surface area contributed by atoms with Gasteiger partial charge in [0.25, 0.3) is 5.91 Å². The molecule has 1 fully saturated rings. The Morgan fingerprint density at radius 2 is 1.79 bits per heavy atom. The first-order valence-electron chi connectivity index (χ1n) is 11.9. The molecule has 1 saturated heterocycles. The second kappa shape index (κ2) is 10.9. The summed E-state index contributed by atoms with van der Waals surface area (Å²) in [6, 6.07) is 2.68. The van der Waals surface area contributed by atoms with Gasteiger partial charge in [-0.3, -0.25) is 9.59 Å². The van der Waals surface area contributed by atoms with Crippen LogP contribution in [0, 0.1) is 17.6 Å². The molecule has 9 nitrogen and oxygen atoms in total. The third-order valence-electron chi connectivity index (χ3n) is 6.45. The summed E-state index contributed by atoms with van der Waals surface area (Å²) in [4.78, 5) is 44.5. The van der Waals surface area contributed by atoms with Crippen LogP contribution >= 0.6 is 10.0 Å². The molecular formula is C25H28F4N4O5S. The first-order valence-corrected chi connectivity index (χ1v) is 14.8. The number of urea groups is 1. The SMILES string of the molecule is CS(C)(C)c1c(F)cc(NC(=O)[C@H]2c3ccc(OC(F)F)nc3CCN2C(=O)N2CC(CC(=O)O)C2)cc1F. The van der Waals surface area contributed by atoms with Gasteiger partial charge in [0.15, 0.2) is 0 Å². The number of nitrogens with zero attached hydrogens (tertiary/aromatic N) is 3. The number of halogens is 4. The highest BCUT2D eigenvalue weighted by Gasteiger charge is 2.42. The second-order valence-electron chi connectivity index (χ2n) is 10.2. The number of carbonyl (C=O) groups is 3. The van der Waals surface area contributed by atoms with Gasteiger partial charge in [0.1, 0.15) is 17.7 Å². The van der Waals surface area contributed by atoms with Crippen molar-refractivity contribution in [3.8, 4) is 5.88 Å². The Hall–Kier alpha value is -3.55. The number of amides is 3. The van der Waals surface area contributed by atoms with Crippen LogP contribution < -0.4 is 10.1 Å². The highest BCUT2D eigenvalue weighted by Crippen LogP contribution is 2.48. The fourth-order valence-electron chi connectivity index (χ4n) is 4.82. The van der Waals surface area contributed by atoms with E-state index in [1.807, 2.05) is 0 Å². The fraction of sp³-hybridized carbons (Fsp3) is 0.440. The third kappa shape index (κ3) is 6.21. The van der Waals surface area contributed by atoms with Crippen LogP contribution in [0.1, 0.15) is 23.7 Å². The summed E-state index contributed by atoms with van der Waals surface area (Å²) in [7, 11) is -1.75. The maximum atomic E-state index is 14.8. The molecule has 14 heteroatoms. The maximum Gasteiger partial charge on any atom is 0.388 e. The van der Waals surface area contributed by atoms with E-state index in [1.165, 1.54) is 15.9 Å². The zero-order valence-electron chi connectivity index (χ0n) is 21.4. The van der Waals surface area contributed by atoms with Crippen molar-refractivity contribution in [3.05, 3.63) is 47.2 Å². The maximum absolute atomic E-state index is 14.8. The van der Waals surface area contributed by atoms with Crippen LogP contribution in [-0.2, 0) is 16.0 Å². The van der Waals surface area contributed by atoms with Gasteiger partial charge in [-0.1, -0.05) is 0 Å². The first kappa shape index (κ1) is 28.5. The van der Waals surface area contributed by atoms with E-state index in [0.717, 1.165) is 18.2 Å². The van der Waals surface area contributed by atoms with Crippen molar-refractivity contribution >= 4 is 33.6 Å². The van der Waals surface area contributed by atoms with E-state index >= 15 is 0 Å². The number of alkyl halides is 2. The molecule has 212 valence electrons. The quantitative estimate of drug-likeness (QED) is 0.484. The summed E-state index contributed by atoms with van der Waals surface area (Å²) in [6.07, 6.45) is 5.21. The van der Waals surface area contributed by atoms with Crippen molar-refractivity contribution in [1.82, 2.24) is 14.8 Å². The third-order valence-corrected chi connectivity index (χ3v) is 8.07. The number of aromatic nitrogens is 1. The lowest BCUT2D eigenvalue weighted by atomic mass is 9.94. The van der Waals surface area contributed by atoms with E-state index in [1.54, 1.807) is 18.8 Å². The van der Waals surface area contributed by atoms with Crippen molar-refractivity contribution in [2.75, 3.05) is 43.7 Å². The molecule has 39 heavy (non-hydrogen) atoms. The number of carboxylic acids is 1. The van der Waals surface area contributed by atoms with Crippen LogP contribution in [-0.4, -0.2) is 82.8 Å². The number of rotatable bonds is 7. The number of fused-ring (bicyclic) bond motifs is 1. The number of nitrogens with one attached hydrogen (secondary N) is 1. The molecule has 2 aliphatic heterocycles. The zero-order chi connectivity index (χ0) is 28.6. The smallest absolute Gasteiger partial charge is 0.388 e. The molecule has 3 amide bonds. The normalized spacial score (nSPS) is 17.9. The molecule has 0 spiro atoms. The standard InChI is InChI=1S/C25H28F4N4O5S/c1-39(2,3)22-16(26)9-14(10-17(22)27)30-23(36)21-15-4-5-19(38-24(28)29)31-18(15)6-7-33(21)25(37)32-11-13(12-32)8-20(34)35/h4-5,9-10,13,21,24H,6-8,11-12H2,1-3H3,(H,30,36)(H,34,35)/t21-/m1/s1. The van der Waals surface area contributed by atoms with E-state index in [-0.39, 0.29) is 66.1 Å². The molecule has 0 radical (unpaired) electrons. The largest absolute Gasteiger partial charge is 0.481 e. The van der Waals surface area contributed by atoms with Gasteiger partial charge >= 0.3 is 18.6 Å². The molecule has 1 atom stereocenters. The number of hydrogen-bond acceptors (Lipinski definition) is 5. The Kier molecular flexibility index (Phi) is 7.96. The van der Waals surface area contributed by atoms with Gasteiger partial charge in [-0.25, -0.2) is 28.6 Å². The summed E-state index contributed by atoms with van der Waals surface area (Å²) in [5, 5.41) is 11.5. The lowest BCUT2D eigenvalue weighted by molar-refractivity contribution is -0.139. The minimum absolute atomic E-state index is 0.00973. The number of hydrogen-bond donors (Lipinski definition) is 2. The van der Waals surface area contributed by atoms with E-state index in [4.69, 9.17) is 5.11 Å². The number of pyridine rings is 1. The lowest BCUT2D eigenvalue weighted by Gasteiger charge is -2.44. The van der Waals surface area contributed by atoms with Gasteiger partial charge in [0.2, 0.25) is 5.88 Å². The Morgan fingerprint density at radius 3 is 2.36 bits per heavy atom. The van der Waals surface area contributed by atoms with Gasteiger partial charge in [-0.2, -0.15) is 8.78 Å². The van der Waals surface area contributed by atoms with Crippen molar-refractivity contribution in [1.29, 1.82) is 0 Å². The van der Waals surface area contributed by atoms with Crippen molar-refractivity contribution in [2.24, 2.45) is 5.92 Å². The molecule has 2 aromatic rings. The van der Waals surface area contributed by atoms with Crippen LogP contribution in [0.3, 0.4) is 0 Å². The Balaban J connectivity index is 1.63. The summed E-state index contributed by atoms with van der Waals surface area (Å²) >= 11 is 0. The molecule has 2 N–H and O–H groups in total. The summed E-state index contributed by atoms with van der Waals surface area (Å²) in [5.74, 6) is -3.98. The fourth-order valence-corrected chi connectivity index (χ4v) is 6.11. The molecule has 2 aliphatic rings. The van der Waals surface area contributed by atoms with Crippen LogP contribution in [0.25, 0.3) is 0 Å². The van der Waals surface area contributed by atoms with E-state index < -0.39 is 52.2 Å². The Labute approximate surface area is 223 Å². The highest BCUT2D eigenvalue weighted by atomic mass is 32.3. The number of likely N-dealkylation sites (tertiary alicyclic amines) is 1. The molecule has 3 heterocycles. The monoisotopic (exact) mass is 572 g/mol. The second-order valence-corrected chi connectivity index (χ2v) is 14.2. The summed E-state index contributed by atoms with van der Waals surface area (Å²) in [5.41, 5.74) is 0.347. The van der Waals surface area contributed by atoms with Crippen molar-refractivity contribution < 1.29 is 41.8 Å². The number of benzene rings is 1. The van der Waals surface area contributed by atoms with Crippen molar-refractivity contribution in [3.63, 3.8) is 0 Å². The number of carbonyl (C=O) groups excluding carboxylic acids is 2. The molecule has 0 aliphatic carbocycles. The summed E-state index contributed by atoms with van der Waals surface area (Å²) in [6.45, 7) is -2.74. The minimum atomic E-state index is -3.11. The Morgan fingerprint density at radius 1 is 1.15 bits per heavy atom. The molecule has 1 aromatic heterocycles. The van der Waals surface area contributed by atoms with E-state index in [0.29, 0.717) is 0 Å². The van der Waals surface area contributed by atoms with Crippen molar-refractivity contribution in [2.45, 2.75) is 30.4 Å². The highest BCUT2D eigenvalue weighted by molar-refractivity contribution is 8.32. The summed E-state index contributed by atoms with van der Waals surface area (Å²) < 4.78 is 59.4. The topological polar surface area (TPSA) is 112 Å². The van der Waals surface area contributed by atoms with Gasteiger partial charge in [-0.05, 0) is 37.0 Å². The average Bonchev–Trinajstić information content (AvgIpc) is 2.77. The minimum Gasteiger partial charge on any atom is -0.481 e. The molecule has 0 saturated carbocycles. The van der Waals surface area contributed by atoms with Gasteiger partial charge in [0, 0.05) is 49.3 Å².